The number of ether oxygens (including phenoxy) is 1. The predicted octanol–water partition coefficient (Wildman–Crippen LogP) is 4.68. The second-order valence-electron chi connectivity index (χ2n) is 7.01. The Kier molecular flexibility index (Phi) is 8.10. The smallest absolute Gasteiger partial charge is 0.234 e. The van der Waals surface area contributed by atoms with Crippen LogP contribution in [0.3, 0.4) is 0 Å². The quantitative estimate of drug-likeness (QED) is 0.360. The Morgan fingerprint density at radius 1 is 1.20 bits per heavy atom. The Balaban J connectivity index is 1.64. The summed E-state index contributed by atoms with van der Waals surface area (Å²) in [6.07, 6.45) is 2.55. The van der Waals surface area contributed by atoms with Gasteiger partial charge in [0, 0.05) is 12.7 Å². The number of thioether (sulfide) groups is 1. The number of hydrogen-bond acceptors (Lipinski definition) is 6. The molecule has 0 spiro atoms. The van der Waals surface area contributed by atoms with Crippen LogP contribution in [0.15, 0.2) is 53.8 Å². The van der Waals surface area contributed by atoms with E-state index in [1.807, 2.05) is 34.9 Å². The minimum absolute atomic E-state index is 0.185. The van der Waals surface area contributed by atoms with Crippen molar-refractivity contribution < 1.29 is 9.53 Å². The maximum absolute atomic E-state index is 12.3. The standard InChI is InChI=1S/C21H24ClN5O2S/c1-15(2)10-12-27-18(13-29-16-7-4-3-5-8-16)25-26-21(27)30-14-19(28)24-17-9-6-11-23-20(17)22/h3-9,11,15H,10,12-14H2,1-2H3,(H,24,28). The van der Waals surface area contributed by atoms with Gasteiger partial charge in [-0.3, -0.25) is 4.79 Å². The molecule has 30 heavy (non-hydrogen) atoms. The number of carbonyl (C=O) groups is 1. The molecule has 0 bridgehead atoms. The molecule has 3 rings (SSSR count). The zero-order chi connectivity index (χ0) is 21.3. The highest BCUT2D eigenvalue weighted by atomic mass is 35.5. The third-order valence-corrected chi connectivity index (χ3v) is 5.47. The van der Waals surface area contributed by atoms with Gasteiger partial charge in [0.25, 0.3) is 0 Å². The first-order valence-corrected chi connectivity index (χ1v) is 11.0. The lowest BCUT2D eigenvalue weighted by Gasteiger charge is -2.12. The normalized spacial score (nSPS) is 10.9. The molecule has 158 valence electrons. The fourth-order valence-electron chi connectivity index (χ4n) is 2.60. The number of hydrogen-bond donors (Lipinski definition) is 1. The molecule has 2 heterocycles. The van der Waals surface area contributed by atoms with Gasteiger partial charge in [-0.25, -0.2) is 4.98 Å². The Morgan fingerprint density at radius 2 is 2.00 bits per heavy atom. The van der Waals surface area contributed by atoms with Crippen molar-refractivity contribution in [2.24, 2.45) is 5.92 Å². The van der Waals surface area contributed by atoms with Gasteiger partial charge in [0.1, 0.15) is 12.4 Å². The number of rotatable bonds is 10. The van der Waals surface area contributed by atoms with Crippen molar-refractivity contribution in [1.29, 1.82) is 0 Å². The minimum Gasteiger partial charge on any atom is -0.486 e. The van der Waals surface area contributed by atoms with Gasteiger partial charge in [-0.1, -0.05) is 55.4 Å². The highest BCUT2D eigenvalue weighted by molar-refractivity contribution is 7.99. The van der Waals surface area contributed by atoms with E-state index < -0.39 is 0 Å². The Labute approximate surface area is 185 Å². The van der Waals surface area contributed by atoms with Gasteiger partial charge in [-0.05, 0) is 36.6 Å². The SMILES string of the molecule is CC(C)CCn1c(COc2ccccc2)nnc1SCC(=O)Nc1cccnc1Cl. The molecular formula is C21H24ClN5O2S. The number of benzene rings is 1. The van der Waals surface area contributed by atoms with Crippen LogP contribution in [0, 0.1) is 5.92 Å². The first-order valence-electron chi connectivity index (χ1n) is 9.66. The highest BCUT2D eigenvalue weighted by Gasteiger charge is 2.16. The van der Waals surface area contributed by atoms with E-state index in [1.165, 1.54) is 11.8 Å². The number of nitrogens with zero attached hydrogens (tertiary/aromatic N) is 4. The number of amides is 1. The molecule has 0 saturated carbocycles. The molecule has 0 atom stereocenters. The molecule has 2 aromatic heterocycles. The largest absolute Gasteiger partial charge is 0.486 e. The molecule has 0 fully saturated rings. The first kappa shape index (κ1) is 22.1. The van der Waals surface area contributed by atoms with E-state index in [2.05, 4.69) is 34.3 Å². The number of para-hydroxylation sites is 1. The third-order valence-electron chi connectivity index (χ3n) is 4.20. The zero-order valence-electron chi connectivity index (χ0n) is 16.9. The first-order chi connectivity index (χ1) is 14.5. The Hall–Kier alpha value is -2.58. The maximum atomic E-state index is 12.3. The molecule has 0 radical (unpaired) electrons. The lowest BCUT2D eigenvalue weighted by atomic mass is 10.1. The van der Waals surface area contributed by atoms with Crippen molar-refractivity contribution in [1.82, 2.24) is 19.7 Å². The van der Waals surface area contributed by atoms with E-state index in [-0.39, 0.29) is 16.8 Å². The molecule has 0 saturated heterocycles. The van der Waals surface area contributed by atoms with E-state index in [1.54, 1.807) is 18.3 Å². The van der Waals surface area contributed by atoms with Crippen molar-refractivity contribution in [3.8, 4) is 5.75 Å². The van der Waals surface area contributed by atoms with Gasteiger partial charge in [0.15, 0.2) is 16.1 Å². The van der Waals surface area contributed by atoms with E-state index in [0.717, 1.165) is 24.5 Å². The summed E-state index contributed by atoms with van der Waals surface area (Å²) in [4.78, 5) is 16.3. The summed E-state index contributed by atoms with van der Waals surface area (Å²) >= 11 is 7.33. The number of nitrogens with one attached hydrogen (secondary N) is 1. The maximum Gasteiger partial charge on any atom is 0.234 e. The Morgan fingerprint density at radius 3 is 2.73 bits per heavy atom. The monoisotopic (exact) mass is 445 g/mol. The van der Waals surface area contributed by atoms with Gasteiger partial charge < -0.3 is 14.6 Å². The molecule has 1 N–H and O–H groups in total. The van der Waals surface area contributed by atoms with Crippen molar-refractivity contribution in [2.45, 2.75) is 38.6 Å². The van der Waals surface area contributed by atoms with Crippen LogP contribution in [0.25, 0.3) is 0 Å². The molecule has 0 aliphatic heterocycles. The minimum atomic E-state index is -0.185. The number of aromatic nitrogens is 4. The summed E-state index contributed by atoms with van der Waals surface area (Å²) < 4.78 is 7.86. The summed E-state index contributed by atoms with van der Waals surface area (Å²) in [7, 11) is 0. The van der Waals surface area contributed by atoms with Crippen LogP contribution in [-0.4, -0.2) is 31.4 Å². The number of carbonyl (C=O) groups excluding carboxylic acids is 1. The highest BCUT2D eigenvalue weighted by Crippen LogP contribution is 2.22. The summed E-state index contributed by atoms with van der Waals surface area (Å²) in [6.45, 7) is 5.41. The number of halogens is 1. The summed E-state index contributed by atoms with van der Waals surface area (Å²) in [5, 5.41) is 12.3. The lowest BCUT2D eigenvalue weighted by Crippen LogP contribution is -2.16. The molecule has 0 aliphatic rings. The van der Waals surface area contributed by atoms with Crippen LogP contribution in [0.4, 0.5) is 5.69 Å². The van der Waals surface area contributed by atoms with Crippen molar-refractivity contribution in [3.63, 3.8) is 0 Å². The Bertz CT molecular complexity index is 965. The molecule has 1 aromatic carbocycles. The van der Waals surface area contributed by atoms with Gasteiger partial charge in [0.05, 0.1) is 11.4 Å². The molecule has 0 unspecified atom stereocenters. The average Bonchev–Trinajstić information content (AvgIpc) is 3.13. The zero-order valence-corrected chi connectivity index (χ0v) is 18.5. The van der Waals surface area contributed by atoms with E-state index in [4.69, 9.17) is 16.3 Å². The van der Waals surface area contributed by atoms with Crippen LogP contribution < -0.4 is 10.1 Å². The van der Waals surface area contributed by atoms with Crippen LogP contribution in [0.2, 0.25) is 5.15 Å². The predicted molar refractivity (Wildman–Crippen MR) is 119 cm³/mol. The summed E-state index contributed by atoms with van der Waals surface area (Å²) in [5.41, 5.74) is 0.489. The van der Waals surface area contributed by atoms with Gasteiger partial charge >= 0.3 is 0 Å². The van der Waals surface area contributed by atoms with E-state index in [0.29, 0.717) is 23.4 Å². The lowest BCUT2D eigenvalue weighted by molar-refractivity contribution is -0.113. The fraction of sp³-hybridized carbons (Fsp3) is 0.333. The molecule has 9 heteroatoms. The summed E-state index contributed by atoms with van der Waals surface area (Å²) in [6, 6.07) is 13.0. The van der Waals surface area contributed by atoms with Crippen LogP contribution in [-0.2, 0) is 17.9 Å². The molecule has 7 nitrogen and oxygen atoms in total. The molecule has 3 aromatic rings. The number of pyridine rings is 1. The van der Waals surface area contributed by atoms with Gasteiger partial charge in [0.2, 0.25) is 5.91 Å². The molecule has 1 amide bonds. The van der Waals surface area contributed by atoms with Crippen LogP contribution >= 0.6 is 23.4 Å². The third kappa shape index (κ3) is 6.47. The van der Waals surface area contributed by atoms with E-state index in [9.17, 15) is 4.79 Å². The fourth-order valence-corrected chi connectivity index (χ4v) is 3.55. The van der Waals surface area contributed by atoms with Crippen LogP contribution in [0.1, 0.15) is 26.1 Å². The second-order valence-corrected chi connectivity index (χ2v) is 8.31. The second kappa shape index (κ2) is 11.0. The molecular weight excluding hydrogens is 422 g/mol. The molecule has 0 aliphatic carbocycles. The van der Waals surface area contributed by atoms with Crippen molar-refractivity contribution >= 4 is 35.0 Å². The van der Waals surface area contributed by atoms with Gasteiger partial charge in [-0.15, -0.1) is 10.2 Å². The summed E-state index contributed by atoms with van der Waals surface area (Å²) in [5.74, 6) is 2.04. The van der Waals surface area contributed by atoms with Gasteiger partial charge in [-0.2, -0.15) is 0 Å². The van der Waals surface area contributed by atoms with Crippen LogP contribution in [0.5, 0.6) is 5.75 Å². The topological polar surface area (TPSA) is 81.9 Å². The van der Waals surface area contributed by atoms with E-state index >= 15 is 0 Å². The number of anilines is 1. The average molecular weight is 446 g/mol. The van der Waals surface area contributed by atoms with Crippen molar-refractivity contribution in [2.75, 3.05) is 11.1 Å². The van der Waals surface area contributed by atoms with Crippen molar-refractivity contribution in [3.05, 3.63) is 59.6 Å².